The lowest BCUT2D eigenvalue weighted by Gasteiger charge is -2.03. The van der Waals surface area contributed by atoms with Gasteiger partial charge in [0.15, 0.2) is 0 Å². The number of aromatic nitrogens is 4. The Kier molecular flexibility index (Phi) is 3.12. The molecular formula is C18H16N4O. The molecule has 0 bridgehead atoms. The molecule has 1 N–H and O–H groups in total. The van der Waals surface area contributed by atoms with E-state index in [1.165, 1.54) is 0 Å². The maximum atomic E-state index is 5.22. The second-order valence-electron chi connectivity index (χ2n) is 5.45. The van der Waals surface area contributed by atoms with Gasteiger partial charge < -0.3 is 9.72 Å². The quantitative estimate of drug-likeness (QED) is 0.628. The van der Waals surface area contributed by atoms with E-state index in [2.05, 4.69) is 33.3 Å². The van der Waals surface area contributed by atoms with Gasteiger partial charge in [0.05, 0.1) is 13.3 Å². The average molecular weight is 304 g/mol. The summed E-state index contributed by atoms with van der Waals surface area (Å²) in [6.45, 7) is 0. The number of hydrogen-bond donors (Lipinski definition) is 1. The molecule has 114 valence electrons. The molecule has 5 nitrogen and oxygen atoms in total. The number of nitrogens with zero attached hydrogens (tertiary/aromatic N) is 3. The average Bonchev–Trinajstić information content (AvgIpc) is 3.20. The van der Waals surface area contributed by atoms with Crippen molar-refractivity contribution in [3.63, 3.8) is 0 Å². The van der Waals surface area contributed by atoms with Crippen molar-refractivity contribution in [2.45, 2.75) is 0 Å². The first-order valence-corrected chi connectivity index (χ1v) is 7.35. The van der Waals surface area contributed by atoms with Crippen molar-refractivity contribution in [3.05, 3.63) is 55.1 Å². The van der Waals surface area contributed by atoms with Crippen LogP contribution in [0.4, 0.5) is 0 Å². The van der Waals surface area contributed by atoms with Gasteiger partial charge in [0.1, 0.15) is 11.4 Å². The van der Waals surface area contributed by atoms with E-state index in [1.807, 2.05) is 44.0 Å². The molecule has 0 radical (unpaired) electrons. The molecule has 0 aliphatic carbocycles. The van der Waals surface area contributed by atoms with Gasteiger partial charge in [-0.15, -0.1) is 0 Å². The van der Waals surface area contributed by atoms with E-state index in [1.54, 1.807) is 11.8 Å². The molecule has 0 saturated carbocycles. The highest BCUT2D eigenvalue weighted by Crippen LogP contribution is 2.31. The highest BCUT2D eigenvalue weighted by molar-refractivity contribution is 5.95. The summed E-state index contributed by atoms with van der Waals surface area (Å²) in [6.07, 6.45) is 7.70. The Labute approximate surface area is 133 Å². The Morgan fingerprint density at radius 3 is 2.57 bits per heavy atom. The summed E-state index contributed by atoms with van der Waals surface area (Å²) < 4.78 is 7.02. The predicted octanol–water partition coefficient (Wildman–Crippen LogP) is 3.64. The van der Waals surface area contributed by atoms with Crippen molar-refractivity contribution in [2.24, 2.45) is 7.05 Å². The molecule has 1 aromatic carbocycles. The molecule has 0 unspecified atom stereocenters. The molecule has 0 atom stereocenters. The maximum Gasteiger partial charge on any atom is 0.137 e. The number of fused-ring (bicyclic) bond motifs is 1. The monoisotopic (exact) mass is 304 g/mol. The smallest absolute Gasteiger partial charge is 0.137 e. The minimum absolute atomic E-state index is 0.850. The van der Waals surface area contributed by atoms with Crippen molar-refractivity contribution >= 4 is 11.0 Å². The van der Waals surface area contributed by atoms with E-state index in [9.17, 15) is 0 Å². The number of aromatic amines is 1. The van der Waals surface area contributed by atoms with Crippen LogP contribution in [0.15, 0.2) is 55.1 Å². The molecule has 0 spiro atoms. The number of hydrogen-bond acceptors (Lipinski definition) is 3. The minimum Gasteiger partial charge on any atom is -0.497 e. The summed E-state index contributed by atoms with van der Waals surface area (Å²) in [4.78, 5) is 7.77. The van der Waals surface area contributed by atoms with E-state index in [0.29, 0.717) is 0 Å². The van der Waals surface area contributed by atoms with Gasteiger partial charge in [-0.05, 0) is 23.8 Å². The third-order valence-corrected chi connectivity index (χ3v) is 3.97. The van der Waals surface area contributed by atoms with Crippen LogP contribution in [-0.2, 0) is 7.05 Å². The SMILES string of the molecule is COc1ccc(-c2c[nH]c3ncc(-c4cnn(C)c4)cc23)cc1. The van der Waals surface area contributed by atoms with Crippen LogP contribution in [0.25, 0.3) is 33.3 Å². The topological polar surface area (TPSA) is 55.7 Å². The summed E-state index contributed by atoms with van der Waals surface area (Å²) >= 11 is 0. The van der Waals surface area contributed by atoms with E-state index in [0.717, 1.165) is 39.0 Å². The number of benzene rings is 1. The highest BCUT2D eigenvalue weighted by Gasteiger charge is 2.10. The van der Waals surface area contributed by atoms with Crippen LogP contribution in [0, 0.1) is 0 Å². The number of nitrogens with one attached hydrogen (secondary N) is 1. The van der Waals surface area contributed by atoms with Crippen molar-refractivity contribution in [1.82, 2.24) is 19.7 Å². The number of aryl methyl sites for hydroxylation is 1. The Morgan fingerprint density at radius 2 is 1.87 bits per heavy atom. The minimum atomic E-state index is 0.850. The van der Waals surface area contributed by atoms with Gasteiger partial charge in [0.2, 0.25) is 0 Å². The first-order valence-electron chi connectivity index (χ1n) is 7.35. The molecule has 3 aromatic heterocycles. The molecule has 4 aromatic rings. The molecule has 4 rings (SSSR count). The molecule has 0 aliphatic heterocycles. The number of pyridine rings is 1. The lowest BCUT2D eigenvalue weighted by Crippen LogP contribution is -1.84. The summed E-state index contributed by atoms with van der Waals surface area (Å²) in [5, 5.41) is 5.32. The van der Waals surface area contributed by atoms with E-state index >= 15 is 0 Å². The molecular weight excluding hydrogens is 288 g/mol. The Morgan fingerprint density at radius 1 is 1.04 bits per heavy atom. The van der Waals surface area contributed by atoms with Crippen molar-refractivity contribution in [1.29, 1.82) is 0 Å². The van der Waals surface area contributed by atoms with Gasteiger partial charge >= 0.3 is 0 Å². The standard InChI is InChI=1S/C18H16N4O/c1-22-11-14(9-21-22)13-7-16-17(10-20-18(16)19-8-13)12-3-5-15(23-2)6-4-12/h3-11H,1-2H3,(H,19,20). The third-order valence-electron chi connectivity index (χ3n) is 3.97. The van der Waals surface area contributed by atoms with Gasteiger partial charge in [-0.3, -0.25) is 4.68 Å². The van der Waals surface area contributed by atoms with Crippen LogP contribution in [0.2, 0.25) is 0 Å². The molecule has 3 heterocycles. The van der Waals surface area contributed by atoms with Crippen LogP contribution < -0.4 is 4.74 Å². The zero-order valence-electron chi connectivity index (χ0n) is 12.9. The highest BCUT2D eigenvalue weighted by atomic mass is 16.5. The van der Waals surface area contributed by atoms with Gasteiger partial charge in [0.25, 0.3) is 0 Å². The number of rotatable bonds is 3. The second kappa shape index (κ2) is 5.28. The van der Waals surface area contributed by atoms with E-state index < -0.39 is 0 Å². The lowest BCUT2D eigenvalue weighted by atomic mass is 10.0. The maximum absolute atomic E-state index is 5.22. The molecule has 23 heavy (non-hydrogen) atoms. The van der Waals surface area contributed by atoms with Gasteiger partial charge in [-0.1, -0.05) is 12.1 Å². The molecule has 0 fully saturated rings. The first kappa shape index (κ1) is 13.6. The van der Waals surface area contributed by atoms with Gasteiger partial charge in [-0.2, -0.15) is 5.10 Å². The summed E-state index contributed by atoms with van der Waals surface area (Å²) in [7, 11) is 3.58. The molecule has 0 aliphatic rings. The fraction of sp³-hybridized carbons (Fsp3) is 0.111. The van der Waals surface area contributed by atoms with Crippen molar-refractivity contribution in [3.8, 4) is 28.0 Å². The summed E-state index contributed by atoms with van der Waals surface area (Å²) in [5.41, 5.74) is 5.25. The Bertz CT molecular complexity index is 966. The summed E-state index contributed by atoms with van der Waals surface area (Å²) in [5.74, 6) is 0.850. The number of methoxy groups -OCH3 is 1. The largest absolute Gasteiger partial charge is 0.497 e. The zero-order valence-corrected chi connectivity index (χ0v) is 12.9. The fourth-order valence-corrected chi connectivity index (χ4v) is 2.74. The Hall–Kier alpha value is -3.08. The normalized spacial score (nSPS) is 11.0. The fourth-order valence-electron chi connectivity index (χ4n) is 2.74. The summed E-state index contributed by atoms with van der Waals surface area (Å²) in [6, 6.07) is 10.2. The predicted molar refractivity (Wildman–Crippen MR) is 90.3 cm³/mol. The van der Waals surface area contributed by atoms with Gasteiger partial charge in [0, 0.05) is 47.7 Å². The zero-order chi connectivity index (χ0) is 15.8. The van der Waals surface area contributed by atoms with Crippen LogP contribution in [-0.4, -0.2) is 26.9 Å². The lowest BCUT2D eigenvalue weighted by molar-refractivity contribution is 0.415. The third kappa shape index (κ3) is 2.36. The van der Waals surface area contributed by atoms with Gasteiger partial charge in [-0.25, -0.2) is 4.98 Å². The molecule has 0 amide bonds. The number of ether oxygens (including phenoxy) is 1. The van der Waals surface area contributed by atoms with Crippen LogP contribution in [0.1, 0.15) is 0 Å². The van der Waals surface area contributed by atoms with Crippen LogP contribution in [0.5, 0.6) is 5.75 Å². The molecule has 0 saturated heterocycles. The van der Waals surface area contributed by atoms with E-state index in [4.69, 9.17) is 4.74 Å². The first-order chi connectivity index (χ1) is 11.2. The van der Waals surface area contributed by atoms with Crippen molar-refractivity contribution in [2.75, 3.05) is 7.11 Å². The van der Waals surface area contributed by atoms with Crippen LogP contribution in [0.3, 0.4) is 0 Å². The Balaban J connectivity index is 1.83. The molecule has 5 heteroatoms. The van der Waals surface area contributed by atoms with Crippen LogP contribution >= 0.6 is 0 Å². The number of H-pyrrole nitrogens is 1. The second-order valence-corrected chi connectivity index (χ2v) is 5.45. The van der Waals surface area contributed by atoms with Crippen molar-refractivity contribution < 1.29 is 4.74 Å². The van der Waals surface area contributed by atoms with E-state index in [-0.39, 0.29) is 0 Å².